The Morgan fingerprint density at radius 2 is 1.48 bits per heavy atom. The van der Waals surface area contributed by atoms with Crippen LogP contribution in [0.2, 0.25) is 0 Å². The first-order chi connectivity index (χ1) is 12.9. The number of hydrogen-bond donors (Lipinski definition) is 2. The molecule has 0 fully saturated rings. The van der Waals surface area contributed by atoms with Crippen LogP contribution in [0, 0.1) is 13.8 Å². The van der Waals surface area contributed by atoms with Crippen LogP contribution in [0.4, 0.5) is 5.69 Å². The highest BCUT2D eigenvalue weighted by molar-refractivity contribution is 6.00. The first-order valence-corrected chi connectivity index (χ1v) is 8.35. The lowest BCUT2D eigenvalue weighted by atomic mass is 10.1. The molecule has 0 aliphatic heterocycles. The van der Waals surface area contributed by atoms with E-state index in [1.165, 1.54) is 33.5 Å². The zero-order valence-electron chi connectivity index (χ0n) is 16.1. The number of para-hydroxylation sites is 1. The lowest BCUT2D eigenvalue weighted by Gasteiger charge is -2.14. The maximum Gasteiger partial charge on any atom is 0.251 e. The highest BCUT2D eigenvalue weighted by atomic mass is 16.5. The molecule has 0 bridgehead atoms. The third kappa shape index (κ3) is 4.69. The maximum atomic E-state index is 12.4. The summed E-state index contributed by atoms with van der Waals surface area (Å²) in [5.41, 5.74) is 2.97. The van der Waals surface area contributed by atoms with Gasteiger partial charge in [-0.25, -0.2) is 0 Å². The summed E-state index contributed by atoms with van der Waals surface area (Å²) in [5, 5.41) is 5.42. The molecule has 2 N–H and O–H groups in total. The summed E-state index contributed by atoms with van der Waals surface area (Å²) < 4.78 is 15.7. The van der Waals surface area contributed by atoms with Crippen LogP contribution in [0.25, 0.3) is 0 Å². The molecule has 2 amide bonds. The molecule has 0 saturated carbocycles. The fraction of sp³-hybridized carbons (Fsp3) is 0.300. The van der Waals surface area contributed by atoms with Gasteiger partial charge in [0.2, 0.25) is 11.7 Å². The largest absolute Gasteiger partial charge is 0.493 e. The van der Waals surface area contributed by atoms with Crippen LogP contribution in [0.5, 0.6) is 17.2 Å². The van der Waals surface area contributed by atoms with E-state index in [1.807, 2.05) is 32.0 Å². The Morgan fingerprint density at radius 3 is 1.96 bits per heavy atom. The topological polar surface area (TPSA) is 85.9 Å². The number of anilines is 1. The fourth-order valence-corrected chi connectivity index (χ4v) is 2.67. The van der Waals surface area contributed by atoms with Gasteiger partial charge in [-0.2, -0.15) is 0 Å². The molecule has 2 rings (SSSR count). The number of methoxy groups -OCH3 is 3. The average Bonchev–Trinajstić information content (AvgIpc) is 2.67. The Labute approximate surface area is 158 Å². The molecule has 7 nitrogen and oxygen atoms in total. The second-order valence-corrected chi connectivity index (χ2v) is 5.91. The molecule has 0 aromatic heterocycles. The summed E-state index contributed by atoms with van der Waals surface area (Å²) in [6, 6.07) is 8.81. The van der Waals surface area contributed by atoms with Gasteiger partial charge < -0.3 is 24.8 Å². The summed E-state index contributed by atoms with van der Waals surface area (Å²) in [6.45, 7) is 3.66. The van der Waals surface area contributed by atoms with E-state index in [9.17, 15) is 9.59 Å². The minimum absolute atomic E-state index is 0.163. The van der Waals surface area contributed by atoms with Crippen molar-refractivity contribution in [3.8, 4) is 17.2 Å². The van der Waals surface area contributed by atoms with Gasteiger partial charge in [-0.3, -0.25) is 9.59 Å². The zero-order chi connectivity index (χ0) is 20.0. The van der Waals surface area contributed by atoms with Crippen molar-refractivity contribution >= 4 is 17.5 Å². The van der Waals surface area contributed by atoms with E-state index < -0.39 is 5.91 Å². The SMILES string of the molecule is COc1cc(C(=O)NCC(=O)Nc2c(C)cccc2C)cc(OC)c1OC. The van der Waals surface area contributed by atoms with Gasteiger partial charge in [-0.15, -0.1) is 0 Å². The monoisotopic (exact) mass is 372 g/mol. The quantitative estimate of drug-likeness (QED) is 0.780. The highest BCUT2D eigenvalue weighted by Gasteiger charge is 2.17. The van der Waals surface area contributed by atoms with Crippen LogP contribution in [-0.4, -0.2) is 39.7 Å². The number of hydrogen-bond acceptors (Lipinski definition) is 5. The minimum Gasteiger partial charge on any atom is -0.493 e. The van der Waals surface area contributed by atoms with Crippen LogP contribution in [-0.2, 0) is 4.79 Å². The fourth-order valence-electron chi connectivity index (χ4n) is 2.67. The van der Waals surface area contributed by atoms with Gasteiger partial charge in [0.15, 0.2) is 11.5 Å². The summed E-state index contributed by atoms with van der Waals surface area (Å²) in [4.78, 5) is 24.6. The summed E-state index contributed by atoms with van der Waals surface area (Å²) in [6.07, 6.45) is 0. The molecular formula is C20H24N2O5. The number of ether oxygens (including phenoxy) is 3. The van der Waals surface area contributed by atoms with Crippen LogP contribution in [0.15, 0.2) is 30.3 Å². The van der Waals surface area contributed by atoms with Crippen molar-refractivity contribution in [3.63, 3.8) is 0 Å². The van der Waals surface area contributed by atoms with Gasteiger partial charge in [0, 0.05) is 11.3 Å². The van der Waals surface area contributed by atoms with Crippen molar-refractivity contribution < 1.29 is 23.8 Å². The van der Waals surface area contributed by atoms with Gasteiger partial charge in [0.1, 0.15) is 0 Å². The number of benzene rings is 2. The van der Waals surface area contributed by atoms with Gasteiger partial charge in [-0.1, -0.05) is 18.2 Å². The first kappa shape index (κ1) is 20.1. The standard InChI is InChI=1S/C20H24N2O5/c1-12-7-6-8-13(2)18(12)22-17(23)11-21-20(24)14-9-15(25-3)19(27-5)16(10-14)26-4/h6-10H,11H2,1-5H3,(H,21,24)(H,22,23). The second kappa shape index (κ2) is 8.93. The van der Waals surface area contributed by atoms with Crippen molar-refractivity contribution in [1.29, 1.82) is 0 Å². The average molecular weight is 372 g/mol. The smallest absolute Gasteiger partial charge is 0.251 e. The van der Waals surface area contributed by atoms with Gasteiger partial charge in [0.25, 0.3) is 5.91 Å². The molecular weight excluding hydrogens is 348 g/mol. The summed E-state index contributed by atoms with van der Waals surface area (Å²) >= 11 is 0. The van der Waals surface area contributed by atoms with E-state index in [-0.39, 0.29) is 12.5 Å². The number of rotatable bonds is 7. The molecule has 2 aromatic rings. The van der Waals surface area contributed by atoms with Crippen molar-refractivity contribution in [2.45, 2.75) is 13.8 Å². The Morgan fingerprint density at radius 1 is 0.926 bits per heavy atom. The first-order valence-electron chi connectivity index (χ1n) is 8.35. The molecule has 7 heteroatoms. The molecule has 0 heterocycles. The van der Waals surface area contributed by atoms with Crippen molar-refractivity contribution in [1.82, 2.24) is 5.32 Å². The molecule has 0 aliphatic carbocycles. The second-order valence-electron chi connectivity index (χ2n) is 5.91. The third-order valence-electron chi connectivity index (χ3n) is 4.08. The van der Waals surface area contributed by atoms with Crippen molar-refractivity contribution in [2.75, 3.05) is 33.2 Å². The molecule has 2 aromatic carbocycles. The van der Waals surface area contributed by atoms with Crippen molar-refractivity contribution in [3.05, 3.63) is 47.0 Å². The van der Waals surface area contributed by atoms with Gasteiger partial charge in [-0.05, 0) is 37.1 Å². The van der Waals surface area contributed by atoms with E-state index in [1.54, 1.807) is 0 Å². The maximum absolute atomic E-state index is 12.4. The number of carbonyl (C=O) groups excluding carboxylic acids is 2. The predicted molar refractivity (Wildman–Crippen MR) is 103 cm³/mol. The molecule has 0 spiro atoms. The lowest BCUT2D eigenvalue weighted by molar-refractivity contribution is -0.115. The van der Waals surface area contributed by atoms with E-state index >= 15 is 0 Å². The van der Waals surface area contributed by atoms with E-state index in [4.69, 9.17) is 14.2 Å². The van der Waals surface area contributed by atoms with Crippen molar-refractivity contribution in [2.24, 2.45) is 0 Å². The number of amides is 2. The molecule has 0 aliphatic rings. The van der Waals surface area contributed by atoms with E-state index in [2.05, 4.69) is 10.6 Å². The molecule has 0 radical (unpaired) electrons. The van der Waals surface area contributed by atoms with Gasteiger partial charge >= 0.3 is 0 Å². The van der Waals surface area contributed by atoms with Crippen LogP contribution >= 0.6 is 0 Å². The van der Waals surface area contributed by atoms with E-state index in [0.717, 1.165) is 16.8 Å². The third-order valence-corrected chi connectivity index (χ3v) is 4.08. The van der Waals surface area contributed by atoms with Crippen LogP contribution in [0.1, 0.15) is 21.5 Å². The Hall–Kier alpha value is -3.22. The molecule has 0 saturated heterocycles. The minimum atomic E-state index is -0.425. The number of aryl methyl sites for hydroxylation is 2. The summed E-state index contributed by atoms with van der Waals surface area (Å²) in [7, 11) is 4.42. The molecule has 27 heavy (non-hydrogen) atoms. The Kier molecular flexibility index (Phi) is 6.65. The van der Waals surface area contributed by atoms with E-state index in [0.29, 0.717) is 22.8 Å². The highest BCUT2D eigenvalue weighted by Crippen LogP contribution is 2.38. The normalized spacial score (nSPS) is 10.1. The number of carbonyl (C=O) groups is 2. The Balaban J connectivity index is 2.08. The Bertz CT molecular complexity index is 803. The van der Waals surface area contributed by atoms with Crippen LogP contribution in [0.3, 0.4) is 0 Å². The van der Waals surface area contributed by atoms with Gasteiger partial charge in [0.05, 0.1) is 27.9 Å². The predicted octanol–water partition coefficient (Wildman–Crippen LogP) is 2.70. The zero-order valence-corrected chi connectivity index (χ0v) is 16.1. The lowest BCUT2D eigenvalue weighted by Crippen LogP contribution is -2.33. The molecule has 0 atom stereocenters. The molecule has 0 unspecified atom stereocenters. The van der Waals surface area contributed by atoms with Crippen LogP contribution < -0.4 is 24.8 Å². The number of nitrogens with one attached hydrogen (secondary N) is 2. The summed E-state index contributed by atoms with van der Waals surface area (Å²) in [5.74, 6) is 0.382. The molecule has 144 valence electrons.